The zero-order valence-electron chi connectivity index (χ0n) is 11.1. The standard InChI is InChI=1S/C12H19N3OS.2ClH/c1-7-6-14-12(17-7)8(2)15-11(16)9-4-3-5-10(9)13;;/h6,8-10H,3-5,13H2,1-2H3,(H,15,16);2*1H. The topological polar surface area (TPSA) is 68.0 Å². The quantitative estimate of drug-likeness (QED) is 0.897. The Balaban J connectivity index is 0.00000162. The maximum Gasteiger partial charge on any atom is 0.225 e. The van der Waals surface area contributed by atoms with E-state index in [1.807, 2.05) is 20.0 Å². The number of amides is 1. The van der Waals surface area contributed by atoms with Gasteiger partial charge in [0.2, 0.25) is 5.91 Å². The minimum atomic E-state index is -0.0194. The summed E-state index contributed by atoms with van der Waals surface area (Å²) in [4.78, 5) is 17.5. The molecule has 1 aromatic rings. The molecule has 3 atom stereocenters. The lowest BCUT2D eigenvalue weighted by Gasteiger charge is -2.18. The van der Waals surface area contributed by atoms with Crippen LogP contribution in [0.15, 0.2) is 6.20 Å². The number of hydrogen-bond donors (Lipinski definition) is 2. The van der Waals surface area contributed by atoms with Crippen LogP contribution in [0.4, 0.5) is 0 Å². The Morgan fingerprint density at radius 3 is 2.68 bits per heavy atom. The van der Waals surface area contributed by atoms with Crippen molar-refractivity contribution < 1.29 is 4.79 Å². The monoisotopic (exact) mass is 325 g/mol. The van der Waals surface area contributed by atoms with E-state index in [1.165, 1.54) is 4.88 Å². The first-order chi connectivity index (χ1) is 8.08. The minimum absolute atomic E-state index is 0. The summed E-state index contributed by atoms with van der Waals surface area (Å²) in [5.74, 6) is 0.0638. The molecule has 2 rings (SSSR count). The predicted octanol–water partition coefficient (Wildman–Crippen LogP) is 2.60. The molecule has 1 saturated carbocycles. The molecular formula is C12H21Cl2N3OS. The lowest BCUT2D eigenvalue weighted by molar-refractivity contribution is -0.125. The first-order valence-corrected chi connectivity index (χ1v) is 6.88. The van der Waals surface area contributed by atoms with Crippen LogP contribution in [-0.4, -0.2) is 16.9 Å². The van der Waals surface area contributed by atoms with Gasteiger partial charge in [-0.3, -0.25) is 4.79 Å². The summed E-state index contributed by atoms with van der Waals surface area (Å²) < 4.78 is 0. The Hall–Kier alpha value is -0.360. The van der Waals surface area contributed by atoms with Gasteiger partial charge in [0.25, 0.3) is 0 Å². The average Bonchev–Trinajstić information content (AvgIpc) is 2.86. The maximum absolute atomic E-state index is 12.0. The second-order valence-electron chi connectivity index (χ2n) is 4.74. The molecule has 1 aliphatic carbocycles. The summed E-state index contributed by atoms with van der Waals surface area (Å²) in [7, 11) is 0. The molecule has 0 bridgehead atoms. The lowest BCUT2D eigenvalue weighted by atomic mass is 10.0. The smallest absolute Gasteiger partial charge is 0.225 e. The molecule has 3 N–H and O–H groups in total. The Kier molecular flexibility index (Phi) is 7.89. The summed E-state index contributed by atoms with van der Waals surface area (Å²) in [5, 5.41) is 3.97. The van der Waals surface area contributed by atoms with Crippen LogP contribution in [0.3, 0.4) is 0 Å². The number of rotatable bonds is 3. The molecular weight excluding hydrogens is 305 g/mol. The molecule has 1 aliphatic rings. The second kappa shape index (κ2) is 8.04. The van der Waals surface area contributed by atoms with Gasteiger partial charge in [-0.25, -0.2) is 4.98 Å². The number of nitrogens with one attached hydrogen (secondary N) is 1. The molecule has 1 fully saturated rings. The Labute approximate surface area is 130 Å². The van der Waals surface area contributed by atoms with Gasteiger partial charge in [-0.2, -0.15) is 0 Å². The number of thiazole rings is 1. The van der Waals surface area contributed by atoms with Gasteiger partial charge in [-0.05, 0) is 26.7 Å². The fraction of sp³-hybridized carbons (Fsp3) is 0.667. The minimum Gasteiger partial charge on any atom is -0.347 e. The number of nitrogens with zero attached hydrogens (tertiary/aromatic N) is 1. The van der Waals surface area contributed by atoms with Crippen molar-refractivity contribution in [3.05, 3.63) is 16.1 Å². The third-order valence-electron chi connectivity index (χ3n) is 3.27. The molecule has 0 aliphatic heterocycles. The van der Waals surface area contributed by atoms with Gasteiger partial charge in [-0.1, -0.05) is 6.42 Å². The van der Waals surface area contributed by atoms with Crippen LogP contribution < -0.4 is 11.1 Å². The van der Waals surface area contributed by atoms with Crippen LogP contribution in [0.5, 0.6) is 0 Å². The molecule has 3 unspecified atom stereocenters. The molecule has 1 aromatic heterocycles. The van der Waals surface area contributed by atoms with Crippen LogP contribution in [0.25, 0.3) is 0 Å². The molecule has 0 aromatic carbocycles. The summed E-state index contributed by atoms with van der Waals surface area (Å²) in [6.07, 6.45) is 4.77. The van der Waals surface area contributed by atoms with Gasteiger partial charge >= 0.3 is 0 Å². The van der Waals surface area contributed by atoms with Crippen molar-refractivity contribution in [1.82, 2.24) is 10.3 Å². The van der Waals surface area contributed by atoms with Crippen LogP contribution in [0, 0.1) is 12.8 Å². The van der Waals surface area contributed by atoms with E-state index in [9.17, 15) is 4.79 Å². The number of carbonyl (C=O) groups is 1. The zero-order valence-corrected chi connectivity index (χ0v) is 13.5. The fourth-order valence-electron chi connectivity index (χ4n) is 2.27. The molecule has 4 nitrogen and oxygen atoms in total. The summed E-state index contributed by atoms with van der Waals surface area (Å²) in [6.45, 7) is 3.99. The normalized spacial score (nSPS) is 23.1. The Morgan fingerprint density at radius 2 is 2.21 bits per heavy atom. The van der Waals surface area contributed by atoms with Crippen molar-refractivity contribution in [2.75, 3.05) is 0 Å². The van der Waals surface area contributed by atoms with E-state index < -0.39 is 0 Å². The molecule has 7 heteroatoms. The van der Waals surface area contributed by atoms with Crippen molar-refractivity contribution in [1.29, 1.82) is 0 Å². The number of aryl methyl sites for hydroxylation is 1. The van der Waals surface area contributed by atoms with Crippen molar-refractivity contribution in [3.63, 3.8) is 0 Å². The van der Waals surface area contributed by atoms with E-state index in [0.29, 0.717) is 0 Å². The van der Waals surface area contributed by atoms with Crippen molar-refractivity contribution in [3.8, 4) is 0 Å². The molecule has 19 heavy (non-hydrogen) atoms. The molecule has 0 radical (unpaired) electrons. The highest BCUT2D eigenvalue weighted by Crippen LogP contribution is 2.25. The van der Waals surface area contributed by atoms with Crippen LogP contribution in [-0.2, 0) is 4.79 Å². The second-order valence-corrected chi connectivity index (χ2v) is 6.01. The van der Waals surface area contributed by atoms with Crippen LogP contribution in [0.2, 0.25) is 0 Å². The van der Waals surface area contributed by atoms with Gasteiger partial charge in [0.15, 0.2) is 0 Å². The number of hydrogen-bond acceptors (Lipinski definition) is 4. The van der Waals surface area contributed by atoms with Gasteiger partial charge in [0.1, 0.15) is 5.01 Å². The van der Waals surface area contributed by atoms with Crippen LogP contribution in [0.1, 0.15) is 42.1 Å². The maximum atomic E-state index is 12.0. The van der Waals surface area contributed by atoms with Gasteiger partial charge in [-0.15, -0.1) is 36.2 Å². The Morgan fingerprint density at radius 1 is 1.53 bits per heavy atom. The van der Waals surface area contributed by atoms with Gasteiger partial charge in [0, 0.05) is 17.1 Å². The molecule has 0 saturated heterocycles. The summed E-state index contributed by atoms with van der Waals surface area (Å²) >= 11 is 1.62. The van der Waals surface area contributed by atoms with Crippen molar-refractivity contribution in [2.45, 2.75) is 45.2 Å². The van der Waals surface area contributed by atoms with Gasteiger partial charge in [0.05, 0.1) is 12.0 Å². The van der Waals surface area contributed by atoms with Crippen molar-refractivity contribution in [2.24, 2.45) is 11.7 Å². The number of carbonyl (C=O) groups excluding carboxylic acids is 1. The fourth-order valence-corrected chi connectivity index (χ4v) is 3.05. The highest BCUT2D eigenvalue weighted by atomic mass is 35.5. The van der Waals surface area contributed by atoms with Gasteiger partial charge < -0.3 is 11.1 Å². The SMILES string of the molecule is Cc1cnc(C(C)NC(=O)C2CCCC2N)s1.Cl.Cl. The largest absolute Gasteiger partial charge is 0.347 e. The van der Waals surface area contributed by atoms with E-state index in [2.05, 4.69) is 10.3 Å². The van der Waals surface area contributed by atoms with Crippen molar-refractivity contribution >= 4 is 42.1 Å². The molecule has 110 valence electrons. The third-order valence-corrected chi connectivity index (χ3v) is 4.37. The highest BCUT2D eigenvalue weighted by Gasteiger charge is 2.31. The molecule has 1 amide bonds. The van der Waals surface area contributed by atoms with E-state index in [0.717, 1.165) is 24.3 Å². The highest BCUT2D eigenvalue weighted by molar-refractivity contribution is 7.11. The van der Waals surface area contributed by atoms with E-state index >= 15 is 0 Å². The Bertz CT molecular complexity index is 413. The third kappa shape index (κ3) is 4.60. The van der Waals surface area contributed by atoms with Crippen LogP contribution >= 0.6 is 36.2 Å². The average molecular weight is 326 g/mol. The number of aromatic nitrogens is 1. The number of halogens is 2. The zero-order chi connectivity index (χ0) is 12.4. The predicted molar refractivity (Wildman–Crippen MR) is 83.2 cm³/mol. The first-order valence-electron chi connectivity index (χ1n) is 6.06. The lowest BCUT2D eigenvalue weighted by Crippen LogP contribution is -2.39. The molecule has 1 heterocycles. The van der Waals surface area contributed by atoms with E-state index in [-0.39, 0.29) is 48.7 Å². The number of nitrogens with two attached hydrogens (primary N) is 1. The van der Waals surface area contributed by atoms with E-state index in [1.54, 1.807) is 11.3 Å². The molecule has 0 spiro atoms. The first kappa shape index (κ1) is 18.6. The summed E-state index contributed by atoms with van der Waals surface area (Å²) in [5.41, 5.74) is 5.92. The van der Waals surface area contributed by atoms with E-state index in [4.69, 9.17) is 5.73 Å². The summed E-state index contributed by atoms with van der Waals surface area (Å²) in [6, 6.07) is 0.00855.